The number of rotatable bonds is 6. The normalized spacial score (nSPS) is 11.9. The van der Waals surface area contributed by atoms with Gasteiger partial charge in [-0.05, 0) is 18.2 Å². The Morgan fingerprint density at radius 3 is 2.86 bits per heavy atom. The lowest BCUT2D eigenvalue weighted by molar-refractivity contribution is -0.128. The van der Waals surface area contributed by atoms with Gasteiger partial charge in [0.15, 0.2) is 11.5 Å². The van der Waals surface area contributed by atoms with E-state index in [1.54, 1.807) is 29.2 Å². The molecule has 0 aliphatic carbocycles. The van der Waals surface area contributed by atoms with Crippen molar-refractivity contribution in [1.82, 2.24) is 10.2 Å². The molecule has 0 saturated carbocycles. The summed E-state index contributed by atoms with van der Waals surface area (Å²) in [5.74, 6) is 0.947. The van der Waals surface area contributed by atoms with Gasteiger partial charge in [0.1, 0.15) is 0 Å². The first kappa shape index (κ1) is 14.9. The Balaban J connectivity index is 1.87. The first-order valence-electron chi connectivity index (χ1n) is 6.66. The van der Waals surface area contributed by atoms with Crippen LogP contribution >= 0.6 is 0 Å². The van der Waals surface area contributed by atoms with Crippen LogP contribution in [-0.2, 0) is 4.79 Å². The SMILES string of the molecule is C=CCN(CCNC(=O)c1ccc2c(c1)OCO2)C(C)=O. The van der Waals surface area contributed by atoms with Gasteiger partial charge in [0.2, 0.25) is 12.7 Å². The summed E-state index contributed by atoms with van der Waals surface area (Å²) >= 11 is 0. The molecule has 0 radical (unpaired) electrons. The predicted octanol–water partition coefficient (Wildman–Crippen LogP) is 1.18. The van der Waals surface area contributed by atoms with Crippen molar-refractivity contribution in [2.24, 2.45) is 0 Å². The van der Waals surface area contributed by atoms with Gasteiger partial charge < -0.3 is 19.7 Å². The fraction of sp³-hybridized carbons (Fsp3) is 0.333. The number of nitrogens with zero attached hydrogens (tertiary/aromatic N) is 1. The maximum Gasteiger partial charge on any atom is 0.251 e. The summed E-state index contributed by atoms with van der Waals surface area (Å²) in [4.78, 5) is 25.0. The van der Waals surface area contributed by atoms with Crippen molar-refractivity contribution >= 4 is 11.8 Å². The molecule has 0 unspecified atom stereocenters. The number of benzene rings is 1. The van der Waals surface area contributed by atoms with Crippen LogP contribution in [0, 0.1) is 0 Å². The third-order valence-corrected chi connectivity index (χ3v) is 3.10. The van der Waals surface area contributed by atoms with Crippen LogP contribution in [0.4, 0.5) is 0 Å². The van der Waals surface area contributed by atoms with E-state index in [-0.39, 0.29) is 18.6 Å². The zero-order valence-electron chi connectivity index (χ0n) is 11.9. The average molecular weight is 290 g/mol. The topological polar surface area (TPSA) is 67.9 Å². The molecule has 0 saturated heterocycles. The minimum atomic E-state index is -0.213. The molecule has 112 valence electrons. The van der Waals surface area contributed by atoms with E-state index in [0.717, 1.165) is 0 Å². The van der Waals surface area contributed by atoms with E-state index in [0.29, 0.717) is 36.7 Å². The fourth-order valence-electron chi connectivity index (χ4n) is 1.98. The monoisotopic (exact) mass is 290 g/mol. The van der Waals surface area contributed by atoms with Crippen LogP contribution in [0.1, 0.15) is 17.3 Å². The summed E-state index contributed by atoms with van der Waals surface area (Å²) in [5, 5.41) is 2.77. The van der Waals surface area contributed by atoms with Gasteiger partial charge >= 0.3 is 0 Å². The molecule has 1 aliphatic rings. The molecule has 2 rings (SSSR count). The van der Waals surface area contributed by atoms with E-state index >= 15 is 0 Å². The largest absolute Gasteiger partial charge is 0.454 e. The molecule has 1 N–H and O–H groups in total. The first-order valence-corrected chi connectivity index (χ1v) is 6.66. The zero-order chi connectivity index (χ0) is 15.2. The second-order valence-electron chi connectivity index (χ2n) is 4.58. The number of carbonyl (C=O) groups excluding carboxylic acids is 2. The van der Waals surface area contributed by atoms with Crippen LogP contribution in [-0.4, -0.2) is 43.1 Å². The van der Waals surface area contributed by atoms with Crippen LogP contribution in [0.5, 0.6) is 11.5 Å². The van der Waals surface area contributed by atoms with E-state index in [1.165, 1.54) is 6.92 Å². The molecule has 21 heavy (non-hydrogen) atoms. The third-order valence-electron chi connectivity index (χ3n) is 3.10. The Labute approximate surface area is 123 Å². The molecular formula is C15H18N2O4. The lowest BCUT2D eigenvalue weighted by atomic mass is 10.2. The van der Waals surface area contributed by atoms with Crippen LogP contribution in [0.2, 0.25) is 0 Å². The van der Waals surface area contributed by atoms with Crippen molar-refractivity contribution in [2.75, 3.05) is 26.4 Å². The van der Waals surface area contributed by atoms with Crippen molar-refractivity contribution in [3.63, 3.8) is 0 Å². The number of fused-ring (bicyclic) bond motifs is 1. The molecule has 1 aromatic carbocycles. The molecule has 6 heteroatoms. The summed E-state index contributed by atoms with van der Waals surface area (Å²) < 4.78 is 10.4. The van der Waals surface area contributed by atoms with Gasteiger partial charge in [-0.25, -0.2) is 0 Å². The third kappa shape index (κ3) is 3.75. The number of amides is 2. The highest BCUT2D eigenvalue weighted by atomic mass is 16.7. The second-order valence-corrected chi connectivity index (χ2v) is 4.58. The van der Waals surface area contributed by atoms with Crippen molar-refractivity contribution in [1.29, 1.82) is 0 Å². The number of carbonyl (C=O) groups is 2. The number of ether oxygens (including phenoxy) is 2. The molecular weight excluding hydrogens is 272 g/mol. The van der Waals surface area contributed by atoms with Crippen molar-refractivity contribution in [3.8, 4) is 11.5 Å². The molecule has 1 heterocycles. The van der Waals surface area contributed by atoms with Crippen LogP contribution < -0.4 is 14.8 Å². The summed E-state index contributed by atoms with van der Waals surface area (Å²) in [7, 11) is 0. The van der Waals surface area contributed by atoms with E-state index in [2.05, 4.69) is 11.9 Å². The summed E-state index contributed by atoms with van der Waals surface area (Å²) in [6.07, 6.45) is 1.65. The Bertz CT molecular complexity index is 557. The van der Waals surface area contributed by atoms with Crippen LogP contribution in [0.25, 0.3) is 0 Å². The fourth-order valence-corrected chi connectivity index (χ4v) is 1.98. The van der Waals surface area contributed by atoms with E-state index in [1.807, 2.05) is 0 Å². The lowest BCUT2D eigenvalue weighted by Crippen LogP contribution is -2.37. The molecule has 2 amide bonds. The molecule has 0 atom stereocenters. The Morgan fingerprint density at radius 1 is 1.38 bits per heavy atom. The average Bonchev–Trinajstić information content (AvgIpc) is 2.93. The molecule has 1 aliphatic heterocycles. The van der Waals surface area contributed by atoms with Crippen molar-refractivity contribution in [2.45, 2.75) is 6.92 Å². The number of hydrogen-bond acceptors (Lipinski definition) is 4. The van der Waals surface area contributed by atoms with Gasteiger partial charge in [0.25, 0.3) is 5.91 Å². The Morgan fingerprint density at radius 2 is 2.14 bits per heavy atom. The summed E-state index contributed by atoms with van der Waals surface area (Å²) in [6.45, 7) is 6.55. The zero-order valence-corrected chi connectivity index (χ0v) is 11.9. The van der Waals surface area contributed by atoms with E-state index in [9.17, 15) is 9.59 Å². The minimum absolute atomic E-state index is 0.0489. The molecule has 0 bridgehead atoms. The molecule has 6 nitrogen and oxygen atoms in total. The quantitative estimate of drug-likeness (QED) is 0.799. The molecule has 0 aromatic heterocycles. The Kier molecular flexibility index (Phi) is 4.81. The van der Waals surface area contributed by atoms with E-state index < -0.39 is 0 Å². The van der Waals surface area contributed by atoms with Gasteiger partial charge in [-0.2, -0.15) is 0 Å². The maximum absolute atomic E-state index is 12.0. The summed E-state index contributed by atoms with van der Waals surface area (Å²) in [6, 6.07) is 5.02. The molecule has 0 fully saturated rings. The van der Waals surface area contributed by atoms with Gasteiger partial charge in [0.05, 0.1) is 0 Å². The van der Waals surface area contributed by atoms with Crippen molar-refractivity contribution in [3.05, 3.63) is 36.4 Å². The van der Waals surface area contributed by atoms with Gasteiger partial charge in [-0.3, -0.25) is 9.59 Å². The standard InChI is InChI=1S/C15H18N2O4/c1-3-7-17(11(2)18)8-6-16-15(19)12-4-5-13-14(9-12)21-10-20-13/h3-5,9H,1,6-8,10H2,2H3,(H,16,19). The van der Waals surface area contributed by atoms with Gasteiger partial charge in [0, 0.05) is 32.1 Å². The lowest BCUT2D eigenvalue weighted by Gasteiger charge is -2.19. The Hall–Kier alpha value is -2.50. The molecule has 1 aromatic rings. The summed E-state index contributed by atoms with van der Waals surface area (Å²) in [5.41, 5.74) is 0.498. The van der Waals surface area contributed by atoms with Crippen LogP contribution in [0.3, 0.4) is 0 Å². The second kappa shape index (κ2) is 6.78. The van der Waals surface area contributed by atoms with Crippen molar-refractivity contribution < 1.29 is 19.1 Å². The van der Waals surface area contributed by atoms with Gasteiger partial charge in [-0.15, -0.1) is 6.58 Å². The number of nitrogens with one attached hydrogen (secondary N) is 1. The highest BCUT2D eigenvalue weighted by molar-refractivity contribution is 5.94. The highest BCUT2D eigenvalue weighted by Gasteiger charge is 2.16. The molecule has 0 spiro atoms. The predicted molar refractivity (Wildman–Crippen MR) is 77.3 cm³/mol. The van der Waals surface area contributed by atoms with Gasteiger partial charge in [-0.1, -0.05) is 6.08 Å². The smallest absolute Gasteiger partial charge is 0.251 e. The minimum Gasteiger partial charge on any atom is -0.454 e. The van der Waals surface area contributed by atoms with E-state index in [4.69, 9.17) is 9.47 Å². The van der Waals surface area contributed by atoms with Crippen LogP contribution in [0.15, 0.2) is 30.9 Å². The maximum atomic E-state index is 12.0. The highest BCUT2D eigenvalue weighted by Crippen LogP contribution is 2.32. The number of hydrogen-bond donors (Lipinski definition) is 1. The first-order chi connectivity index (χ1) is 10.1.